The lowest BCUT2D eigenvalue weighted by Crippen LogP contribution is -2.20. The number of hydrogen-bond acceptors (Lipinski definition) is 3. The average molecular weight is 370 g/mol. The van der Waals surface area contributed by atoms with Crippen LogP contribution < -0.4 is 4.74 Å². The molecule has 0 spiro atoms. The van der Waals surface area contributed by atoms with Crippen molar-refractivity contribution in [2.75, 3.05) is 6.61 Å². The predicted octanol–water partition coefficient (Wildman–Crippen LogP) is 4.92. The van der Waals surface area contributed by atoms with E-state index in [1.54, 1.807) is 0 Å². The van der Waals surface area contributed by atoms with E-state index in [2.05, 4.69) is 14.9 Å². The molecular formula is C18H15F5N2O. The summed E-state index contributed by atoms with van der Waals surface area (Å²) >= 11 is 0. The lowest BCUT2D eigenvalue weighted by molar-refractivity contribution is -0.154. The second kappa shape index (κ2) is 8.55. The largest absolute Gasteiger partial charge is 0.478 e. The van der Waals surface area contributed by atoms with Gasteiger partial charge in [0.1, 0.15) is 0 Å². The zero-order chi connectivity index (χ0) is 19.2. The zero-order valence-electron chi connectivity index (χ0n) is 13.7. The molecular weight excluding hydrogens is 355 g/mol. The Balaban J connectivity index is 2.04. The van der Waals surface area contributed by atoms with Gasteiger partial charge < -0.3 is 4.74 Å². The van der Waals surface area contributed by atoms with Crippen molar-refractivity contribution in [3.8, 4) is 5.75 Å². The van der Waals surface area contributed by atoms with E-state index in [-0.39, 0.29) is 5.56 Å². The maximum atomic E-state index is 13.7. The highest BCUT2D eigenvalue weighted by Crippen LogP contribution is 2.25. The van der Waals surface area contributed by atoms with Crippen LogP contribution in [0.2, 0.25) is 0 Å². The minimum absolute atomic E-state index is 0.00200. The van der Waals surface area contributed by atoms with Crippen molar-refractivity contribution in [1.29, 1.82) is 0 Å². The van der Waals surface area contributed by atoms with Gasteiger partial charge in [0.15, 0.2) is 24.0 Å². The zero-order valence-corrected chi connectivity index (χ0v) is 13.7. The van der Waals surface area contributed by atoms with Crippen LogP contribution in [0.5, 0.6) is 5.75 Å². The third kappa shape index (κ3) is 5.94. The Hall–Kier alpha value is -2.77. The Morgan fingerprint density at radius 2 is 1.46 bits per heavy atom. The molecule has 2 rings (SSSR count). The normalized spacial score (nSPS) is 12.2. The molecule has 0 amide bonds. The Bertz CT molecular complexity index is 775. The van der Waals surface area contributed by atoms with Crippen molar-refractivity contribution in [3.05, 3.63) is 64.7 Å². The van der Waals surface area contributed by atoms with Crippen LogP contribution >= 0.6 is 0 Å². The first-order valence-corrected chi connectivity index (χ1v) is 7.62. The molecule has 3 nitrogen and oxygen atoms in total. The summed E-state index contributed by atoms with van der Waals surface area (Å²) in [6.07, 6.45) is -1.24. The Labute approximate surface area is 146 Å². The van der Waals surface area contributed by atoms with Crippen LogP contribution in [0.3, 0.4) is 0 Å². The van der Waals surface area contributed by atoms with Gasteiger partial charge in [-0.1, -0.05) is 31.2 Å². The molecule has 0 aromatic heterocycles. The molecule has 0 saturated heterocycles. The summed E-state index contributed by atoms with van der Waals surface area (Å²) in [5, 5.41) is 7.43. The third-order valence-corrected chi connectivity index (χ3v) is 3.27. The molecule has 0 aliphatic carbocycles. The van der Waals surface area contributed by atoms with Gasteiger partial charge in [-0.25, -0.2) is 8.78 Å². The van der Waals surface area contributed by atoms with Crippen LogP contribution in [0.25, 0.3) is 0 Å². The van der Waals surface area contributed by atoms with E-state index in [4.69, 9.17) is 0 Å². The highest BCUT2D eigenvalue weighted by atomic mass is 19.4. The number of aryl methyl sites for hydroxylation is 1. The van der Waals surface area contributed by atoms with Crippen molar-refractivity contribution < 1.29 is 26.7 Å². The molecule has 0 heterocycles. The topological polar surface area (TPSA) is 34.0 Å². The molecule has 2 aromatic rings. The van der Waals surface area contributed by atoms with E-state index in [1.807, 2.05) is 31.2 Å². The molecule has 0 radical (unpaired) electrons. The minimum Gasteiger partial charge on any atom is -0.478 e. The van der Waals surface area contributed by atoms with E-state index < -0.39 is 30.2 Å². The predicted molar refractivity (Wildman–Crippen MR) is 88.9 cm³/mol. The first-order chi connectivity index (χ1) is 12.3. The van der Waals surface area contributed by atoms with E-state index in [9.17, 15) is 22.0 Å². The Morgan fingerprint density at radius 1 is 0.923 bits per heavy atom. The number of hydrogen-bond donors (Lipinski definition) is 0. The second-order valence-electron chi connectivity index (χ2n) is 5.30. The van der Waals surface area contributed by atoms with Crippen molar-refractivity contribution in [1.82, 2.24) is 0 Å². The average Bonchev–Trinajstić information content (AvgIpc) is 2.57. The summed E-state index contributed by atoms with van der Waals surface area (Å²) < 4.78 is 67.7. The highest BCUT2D eigenvalue weighted by molar-refractivity contribution is 5.82. The maximum absolute atomic E-state index is 13.7. The summed E-state index contributed by atoms with van der Waals surface area (Å²) in [6.45, 7) is 0.250. The molecule has 0 saturated carbocycles. The molecule has 2 aromatic carbocycles. The number of rotatable bonds is 6. The van der Waals surface area contributed by atoms with Crippen LogP contribution in [0.15, 0.2) is 46.6 Å². The van der Waals surface area contributed by atoms with Gasteiger partial charge >= 0.3 is 6.18 Å². The Kier molecular flexibility index (Phi) is 6.43. The molecule has 138 valence electrons. The monoisotopic (exact) mass is 370 g/mol. The standard InChI is InChI=1S/C18H15F5N2O/c1-2-12-3-5-13(6-4-12)9-24-25-10-14-7-15(19)17(16(20)8-14)26-11-18(21,22)23/h3-10H,2,11H2,1H3/b24-9+,25-10+. The summed E-state index contributed by atoms with van der Waals surface area (Å²) in [4.78, 5) is 0. The molecule has 0 aliphatic rings. The van der Waals surface area contributed by atoms with E-state index in [1.165, 1.54) is 11.8 Å². The molecule has 0 N–H and O–H groups in total. The SMILES string of the molecule is CCc1ccc(/C=N/N=C/c2cc(F)c(OCC(F)(F)F)c(F)c2)cc1. The van der Waals surface area contributed by atoms with Crippen LogP contribution in [-0.4, -0.2) is 25.2 Å². The fraction of sp³-hybridized carbons (Fsp3) is 0.222. The number of nitrogens with zero attached hydrogens (tertiary/aromatic N) is 2. The molecule has 8 heteroatoms. The number of ether oxygens (including phenoxy) is 1. The van der Waals surface area contributed by atoms with Gasteiger partial charge in [-0.15, -0.1) is 0 Å². The first-order valence-electron chi connectivity index (χ1n) is 7.62. The lowest BCUT2D eigenvalue weighted by Gasteiger charge is -2.10. The van der Waals surface area contributed by atoms with E-state index >= 15 is 0 Å². The molecule has 0 fully saturated rings. The first kappa shape index (κ1) is 19.6. The van der Waals surface area contributed by atoms with Gasteiger partial charge in [0.25, 0.3) is 0 Å². The second-order valence-corrected chi connectivity index (χ2v) is 5.30. The van der Waals surface area contributed by atoms with Crippen LogP contribution in [0, 0.1) is 11.6 Å². The highest BCUT2D eigenvalue weighted by Gasteiger charge is 2.29. The number of halogens is 5. The van der Waals surface area contributed by atoms with Gasteiger partial charge in [-0.05, 0) is 29.7 Å². The fourth-order valence-electron chi connectivity index (χ4n) is 1.99. The van der Waals surface area contributed by atoms with E-state index in [0.29, 0.717) is 0 Å². The quantitative estimate of drug-likeness (QED) is 0.404. The van der Waals surface area contributed by atoms with Crippen molar-refractivity contribution >= 4 is 12.4 Å². The van der Waals surface area contributed by atoms with Gasteiger partial charge in [0.05, 0.1) is 12.4 Å². The van der Waals surface area contributed by atoms with Gasteiger partial charge in [-0.2, -0.15) is 23.4 Å². The smallest absolute Gasteiger partial charge is 0.422 e. The fourth-order valence-corrected chi connectivity index (χ4v) is 1.99. The van der Waals surface area contributed by atoms with Crippen molar-refractivity contribution in [3.63, 3.8) is 0 Å². The minimum atomic E-state index is -4.69. The van der Waals surface area contributed by atoms with Crippen LogP contribution in [-0.2, 0) is 6.42 Å². The molecule has 26 heavy (non-hydrogen) atoms. The van der Waals surface area contributed by atoms with E-state index in [0.717, 1.165) is 30.3 Å². The molecule has 0 bridgehead atoms. The van der Waals surface area contributed by atoms with Crippen LogP contribution in [0.4, 0.5) is 22.0 Å². The van der Waals surface area contributed by atoms with Crippen molar-refractivity contribution in [2.24, 2.45) is 10.2 Å². The summed E-state index contributed by atoms with van der Waals surface area (Å²) in [5.41, 5.74) is 1.97. The summed E-state index contributed by atoms with van der Waals surface area (Å²) in [5.74, 6) is -3.59. The molecule has 0 aliphatic heterocycles. The Morgan fingerprint density at radius 3 is 1.96 bits per heavy atom. The van der Waals surface area contributed by atoms with Gasteiger partial charge in [0, 0.05) is 5.56 Å². The number of benzene rings is 2. The maximum Gasteiger partial charge on any atom is 0.422 e. The summed E-state index contributed by atoms with van der Waals surface area (Å²) in [7, 11) is 0. The summed E-state index contributed by atoms with van der Waals surface area (Å²) in [6, 6.07) is 9.20. The molecule has 0 atom stereocenters. The van der Waals surface area contributed by atoms with Crippen LogP contribution in [0.1, 0.15) is 23.6 Å². The lowest BCUT2D eigenvalue weighted by atomic mass is 10.1. The third-order valence-electron chi connectivity index (χ3n) is 3.27. The number of alkyl halides is 3. The van der Waals surface area contributed by atoms with Gasteiger partial charge in [-0.3, -0.25) is 0 Å². The van der Waals surface area contributed by atoms with Gasteiger partial charge in [0.2, 0.25) is 0 Å². The van der Waals surface area contributed by atoms with Crippen molar-refractivity contribution in [2.45, 2.75) is 19.5 Å². The molecule has 0 unspecified atom stereocenters.